The van der Waals surface area contributed by atoms with E-state index in [0.717, 1.165) is 19.3 Å². The summed E-state index contributed by atoms with van der Waals surface area (Å²) in [5.41, 5.74) is 8.46. The lowest BCUT2D eigenvalue weighted by Crippen LogP contribution is -2.29. The molecule has 1 atom stereocenters. The number of terminal acetylenes is 1. The third-order valence-electron chi connectivity index (χ3n) is 3.23. The minimum atomic E-state index is -0.215. The normalized spacial score (nSPS) is 17.2. The second kappa shape index (κ2) is 6.26. The summed E-state index contributed by atoms with van der Waals surface area (Å²) in [6, 6.07) is 5.95. The van der Waals surface area contributed by atoms with Crippen molar-refractivity contribution in [3.63, 3.8) is 0 Å². The van der Waals surface area contributed by atoms with Crippen LogP contribution in [0.4, 0.5) is 0 Å². The van der Waals surface area contributed by atoms with Gasteiger partial charge in [0.2, 0.25) is 0 Å². The summed E-state index contributed by atoms with van der Waals surface area (Å²) in [7, 11) is 0. The van der Waals surface area contributed by atoms with Crippen LogP contribution in [0.5, 0.6) is 5.75 Å². The average Bonchev–Trinajstić information content (AvgIpc) is 2.43. The van der Waals surface area contributed by atoms with Gasteiger partial charge in [0, 0.05) is 6.04 Å². The van der Waals surface area contributed by atoms with Gasteiger partial charge in [0.1, 0.15) is 5.75 Å². The lowest BCUT2D eigenvalue weighted by molar-refractivity contribution is -0.122. The molecule has 0 radical (unpaired) electrons. The van der Waals surface area contributed by atoms with Crippen molar-refractivity contribution < 1.29 is 9.53 Å². The Morgan fingerprint density at radius 1 is 1.58 bits per heavy atom. The molecule has 1 aliphatic carbocycles. The van der Waals surface area contributed by atoms with Gasteiger partial charge in [-0.05, 0) is 42.5 Å². The molecule has 0 saturated carbocycles. The first-order chi connectivity index (χ1) is 9.20. The zero-order valence-corrected chi connectivity index (χ0v) is 10.8. The Bertz CT molecular complexity index is 505. The van der Waals surface area contributed by atoms with Gasteiger partial charge in [-0.1, -0.05) is 12.0 Å². The molecular formula is C15H18N2O2. The summed E-state index contributed by atoms with van der Waals surface area (Å²) in [6.07, 6.45) is 8.20. The maximum atomic E-state index is 11.4. The third kappa shape index (κ3) is 3.49. The number of rotatable bonds is 4. The number of fused-ring (bicyclic) bond motifs is 1. The Kier molecular flexibility index (Phi) is 4.43. The van der Waals surface area contributed by atoms with Gasteiger partial charge in [-0.15, -0.1) is 6.42 Å². The second-order valence-electron chi connectivity index (χ2n) is 4.63. The quantitative estimate of drug-likeness (QED) is 0.796. The van der Waals surface area contributed by atoms with Crippen LogP contribution in [-0.2, 0) is 11.2 Å². The maximum Gasteiger partial charge on any atom is 0.258 e. The van der Waals surface area contributed by atoms with E-state index in [1.807, 2.05) is 18.2 Å². The molecule has 1 aliphatic rings. The van der Waals surface area contributed by atoms with Gasteiger partial charge in [0.05, 0.1) is 6.54 Å². The predicted octanol–water partition coefficient (Wildman–Crippen LogP) is 1.15. The van der Waals surface area contributed by atoms with Gasteiger partial charge in [0.25, 0.3) is 5.91 Å². The number of carbonyl (C=O) groups is 1. The first-order valence-electron chi connectivity index (χ1n) is 6.42. The van der Waals surface area contributed by atoms with Gasteiger partial charge in [-0.2, -0.15) is 0 Å². The molecule has 4 heteroatoms. The Labute approximate surface area is 113 Å². The predicted molar refractivity (Wildman–Crippen MR) is 73.6 cm³/mol. The van der Waals surface area contributed by atoms with Crippen molar-refractivity contribution in [3.05, 3.63) is 29.3 Å². The number of carbonyl (C=O) groups excluding carboxylic acids is 1. The Hall–Kier alpha value is -1.99. The van der Waals surface area contributed by atoms with Gasteiger partial charge in [-0.3, -0.25) is 4.79 Å². The molecule has 0 heterocycles. The van der Waals surface area contributed by atoms with Gasteiger partial charge in [-0.25, -0.2) is 0 Å². The lowest BCUT2D eigenvalue weighted by atomic mass is 9.88. The van der Waals surface area contributed by atoms with Crippen LogP contribution in [0.2, 0.25) is 0 Å². The summed E-state index contributed by atoms with van der Waals surface area (Å²) in [5, 5.41) is 2.55. The molecule has 0 fully saturated rings. The molecule has 0 bridgehead atoms. The summed E-state index contributed by atoms with van der Waals surface area (Å²) in [4.78, 5) is 11.4. The maximum absolute atomic E-state index is 11.4. The fraction of sp³-hybridized carbons (Fsp3) is 0.400. The third-order valence-corrected chi connectivity index (χ3v) is 3.23. The van der Waals surface area contributed by atoms with E-state index in [1.54, 1.807) is 0 Å². The molecule has 4 nitrogen and oxygen atoms in total. The van der Waals surface area contributed by atoms with Crippen LogP contribution in [-0.4, -0.2) is 19.1 Å². The van der Waals surface area contributed by atoms with Crippen molar-refractivity contribution >= 4 is 5.91 Å². The van der Waals surface area contributed by atoms with E-state index < -0.39 is 0 Å². The van der Waals surface area contributed by atoms with Crippen LogP contribution in [0, 0.1) is 12.3 Å². The highest BCUT2D eigenvalue weighted by molar-refractivity contribution is 5.77. The molecule has 0 spiro atoms. The number of nitrogens with two attached hydrogens (primary N) is 1. The van der Waals surface area contributed by atoms with Crippen LogP contribution in [0.15, 0.2) is 18.2 Å². The SMILES string of the molecule is C#CCNC(=O)COc1ccc2c(c1)CCCC2N. The van der Waals surface area contributed by atoms with Crippen molar-refractivity contribution in [2.24, 2.45) is 5.73 Å². The van der Waals surface area contributed by atoms with Crippen LogP contribution < -0.4 is 15.8 Å². The van der Waals surface area contributed by atoms with E-state index in [2.05, 4.69) is 11.2 Å². The highest BCUT2D eigenvalue weighted by Crippen LogP contribution is 2.30. The van der Waals surface area contributed by atoms with E-state index in [0.29, 0.717) is 5.75 Å². The highest BCUT2D eigenvalue weighted by Gasteiger charge is 2.17. The smallest absolute Gasteiger partial charge is 0.258 e. The van der Waals surface area contributed by atoms with E-state index >= 15 is 0 Å². The van der Waals surface area contributed by atoms with Crippen molar-refractivity contribution in [3.8, 4) is 18.1 Å². The molecule has 2 rings (SSSR count). The van der Waals surface area contributed by atoms with Gasteiger partial charge < -0.3 is 15.8 Å². The fourth-order valence-electron chi connectivity index (χ4n) is 2.27. The average molecular weight is 258 g/mol. The molecule has 1 aromatic carbocycles. The molecule has 0 aliphatic heterocycles. The highest BCUT2D eigenvalue weighted by atomic mass is 16.5. The van der Waals surface area contributed by atoms with Crippen molar-refractivity contribution in [2.45, 2.75) is 25.3 Å². The fourth-order valence-corrected chi connectivity index (χ4v) is 2.27. The Morgan fingerprint density at radius 3 is 3.21 bits per heavy atom. The van der Waals surface area contributed by atoms with E-state index in [9.17, 15) is 4.79 Å². The minimum absolute atomic E-state index is 0.0213. The molecular weight excluding hydrogens is 240 g/mol. The van der Waals surface area contributed by atoms with E-state index in [1.165, 1.54) is 11.1 Å². The number of nitrogens with one attached hydrogen (secondary N) is 1. The summed E-state index contributed by atoms with van der Waals surface area (Å²) < 4.78 is 5.44. The zero-order chi connectivity index (χ0) is 13.7. The van der Waals surface area contributed by atoms with Crippen molar-refractivity contribution in [2.75, 3.05) is 13.2 Å². The monoisotopic (exact) mass is 258 g/mol. The molecule has 0 aromatic heterocycles. The number of benzene rings is 1. The number of amides is 1. The van der Waals surface area contributed by atoms with Crippen LogP contribution >= 0.6 is 0 Å². The zero-order valence-electron chi connectivity index (χ0n) is 10.8. The number of aryl methyl sites for hydroxylation is 1. The van der Waals surface area contributed by atoms with Crippen molar-refractivity contribution in [1.29, 1.82) is 0 Å². The number of ether oxygens (including phenoxy) is 1. The standard InChI is InChI=1S/C15H18N2O2/c1-2-8-17-15(18)10-19-12-6-7-13-11(9-12)4-3-5-14(13)16/h1,6-7,9,14H,3-5,8,10,16H2,(H,17,18). The largest absolute Gasteiger partial charge is 0.484 e. The lowest BCUT2D eigenvalue weighted by Gasteiger charge is -2.22. The van der Waals surface area contributed by atoms with Crippen molar-refractivity contribution in [1.82, 2.24) is 5.32 Å². The topological polar surface area (TPSA) is 64.3 Å². The van der Waals surface area contributed by atoms with Gasteiger partial charge >= 0.3 is 0 Å². The Balaban J connectivity index is 1.95. The molecule has 19 heavy (non-hydrogen) atoms. The number of hydrogen-bond acceptors (Lipinski definition) is 3. The van der Waals surface area contributed by atoms with E-state index in [-0.39, 0.29) is 25.1 Å². The summed E-state index contributed by atoms with van der Waals surface area (Å²) in [6.45, 7) is 0.202. The summed E-state index contributed by atoms with van der Waals surface area (Å²) >= 11 is 0. The first-order valence-corrected chi connectivity index (χ1v) is 6.42. The number of hydrogen-bond donors (Lipinski definition) is 2. The first kappa shape index (κ1) is 13.4. The second-order valence-corrected chi connectivity index (χ2v) is 4.63. The molecule has 3 N–H and O–H groups in total. The molecule has 100 valence electrons. The van der Waals surface area contributed by atoms with Crippen LogP contribution in [0.3, 0.4) is 0 Å². The van der Waals surface area contributed by atoms with Crippen LogP contribution in [0.25, 0.3) is 0 Å². The van der Waals surface area contributed by atoms with E-state index in [4.69, 9.17) is 16.9 Å². The molecule has 1 aromatic rings. The Morgan fingerprint density at radius 2 is 2.42 bits per heavy atom. The molecule has 0 saturated heterocycles. The van der Waals surface area contributed by atoms with Gasteiger partial charge in [0.15, 0.2) is 6.61 Å². The molecule has 1 unspecified atom stereocenters. The molecule has 1 amide bonds. The van der Waals surface area contributed by atoms with Crippen LogP contribution in [0.1, 0.15) is 30.0 Å². The summed E-state index contributed by atoms with van der Waals surface area (Å²) in [5.74, 6) is 2.82. The minimum Gasteiger partial charge on any atom is -0.484 e.